The summed E-state index contributed by atoms with van der Waals surface area (Å²) in [5, 5.41) is 7.72. The zero-order chi connectivity index (χ0) is 19.1. The lowest BCUT2D eigenvalue weighted by Gasteiger charge is -2.12. The van der Waals surface area contributed by atoms with Crippen LogP contribution in [0.4, 0.5) is 0 Å². The van der Waals surface area contributed by atoms with Crippen LogP contribution in [0.15, 0.2) is 47.7 Å². The van der Waals surface area contributed by atoms with Crippen molar-refractivity contribution in [2.45, 2.75) is 39.9 Å². The second-order valence-corrected chi connectivity index (χ2v) is 7.59. The number of nitrogens with one attached hydrogen (secondary N) is 2. The van der Waals surface area contributed by atoms with Gasteiger partial charge < -0.3 is 15.2 Å². The molecule has 0 aliphatic heterocycles. The molecule has 2 heterocycles. The van der Waals surface area contributed by atoms with Crippen molar-refractivity contribution in [3.05, 3.63) is 69.7 Å². The van der Waals surface area contributed by atoms with Crippen LogP contribution < -0.4 is 10.6 Å². The Labute approximate surface area is 187 Å². The van der Waals surface area contributed by atoms with Crippen molar-refractivity contribution in [1.29, 1.82) is 0 Å². The summed E-state index contributed by atoms with van der Waals surface area (Å²) in [5.74, 6) is 1.74. The fourth-order valence-corrected chi connectivity index (χ4v) is 3.64. The number of thiazole rings is 1. The fourth-order valence-electron chi connectivity index (χ4n) is 2.76. The Bertz CT molecular complexity index is 868. The Hall–Kier alpha value is -1.94. The predicted octanol–water partition coefficient (Wildman–Crippen LogP) is 3.68. The number of rotatable bonds is 7. The van der Waals surface area contributed by atoms with Gasteiger partial charge in [-0.25, -0.2) is 9.97 Å². The van der Waals surface area contributed by atoms with Crippen molar-refractivity contribution >= 4 is 41.3 Å². The molecule has 0 amide bonds. The minimum Gasteiger partial charge on any atom is -0.350 e. The van der Waals surface area contributed by atoms with E-state index in [9.17, 15) is 0 Å². The highest BCUT2D eigenvalue weighted by molar-refractivity contribution is 14.0. The van der Waals surface area contributed by atoms with Gasteiger partial charge in [0, 0.05) is 30.9 Å². The highest BCUT2D eigenvalue weighted by Crippen LogP contribution is 2.15. The number of aromatic nitrogens is 3. The van der Waals surface area contributed by atoms with Gasteiger partial charge in [0.25, 0.3) is 0 Å². The third kappa shape index (κ3) is 6.30. The Balaban J connectivity index is 0.00000280. The third-order valence-corrected chi connectivity index (χ3v) is 5.48. The third-order valence-electron chi connectivity index (χ3n) is 4.40. The van der Waals surface area contributed by atoms with Crippen LogP contribution in [0.3, 0.4) is 0 Å². The van der Waals surface area contributed by atoms with Gasteiger partial charge in [0.2, 0.25) is 0 Å². The van der Waals surface area contributed by atoms with E-state index in [-0.39, 0.29) is 24.0 Å². The van der Waals surface area contributed by atoms with Gasteiger partial charge in [-0.05, 0) is 25.8 Å². The Morgan fingerprint density at radius 1 is 1.14 bits per heavy atom. The van der Waals surface area contributed by atoms with Gasteiger partial charge in [-0.15, -0.1) is 35.3 Å². The minimum absolute atomic E-state index is 0. The molecule has 0 saturated carbocycles. The van der Waals surface area contributed by atoms with Gasteiger partial charge in [-0.1, -0.05) is 30.3 Å². The summed E-state index contributed by atoms with van der Waals surface area (Å²) in [4.78, 5) is 14.6. The first-order valence-electron chi connectivity index (χ1n) is 9.07. The number of benzene rings is 1. The quantitative estimate of drug-likeness (QED) is 0.289. The summed E-state index contributed by atoms with van der Waals surface area (Å²) in [6.07, 6.45) is 4.86. The van der Waals surface area contributed by atoms with Gasteiger partial charge in [-0.2, -0.15) is 0 Å². The van der Waals surface area contributed by atoms with Crippen LogP contribution in [0.1, 0.15) is 27.0 Å². The largest absolute Gasteiger partial charge is 0.350 e. The molecule has 2 aromatic heterocycles. The van der Waals surface area contributed by atoms with Gasteiger partial charge in [0.1, 0.15) is 10.8 Å². The van der Waals surface area contributed by atoms with Gasteiger partial charge in [0.15, 0.2) is 5.96 Å². The van der Waals surface area contributed by atoms with Crippen LogP contribution in [-0.2, 0) is 26.1 Å². The van der Waals surface area contributed by atoms with E-state index in [4.69, 9.17) is 0 Å². The maximum absolute atomic E-state index is 4.55. The van der Waals surface area contributed by atoms with Crippen molar-refractivity contribution in [1.82, 2.24) is 25.2 Å². The predicted molar refractivity (Wildman–Crippen MR) is 126 cm³/mol. The molecule has 8 heteroatoms. The molecule has 0 unspecified atom stereocenters. The van der Waals surface area contributed by atoms with Gasteiger partial charge in [0.05, 0.1) is 18.8 Å². The molecule has 0 atom stereocenters. The monoisotopic (exact) mass is 510 g/mol. The van der Waals surface area contributed by atoms with Crippen LogP contribution >= 0.6 is 35.3 Å². The Kier molecular flexibility index (Phi) is 8.91. The highest BCUT2D eigenvalue weighted by Gasteiger charge is 2.07. The van der Waals surface area contributed by atoms with Crippen LogP contribution in [-0.4, -0.2) is 27.5 Å². The zero-order valence-electron chi connectivity index (χ0n) is 16.5. The highest BCUT2D eigenvalue weighted by atomic mass is 127. The number of nitrogens with zero attached hydrogens (tertiary/aromatic N) is 4. The summed E-state index contributed by atoms with van der Waals surface area (Å²) in [6.45, 7) is 6.33. The maximum Gasteiger partial charge on any atom is 0.191 e. The van der Waals surface area contributed by atoms with Crippen molar-refractivity contribution in [3.8, 4) is 0 Å². The maximum atomic E-state index is 4.55. The molecule has 0 spiro atoms. The number of aliphatic imine (C=N–C) groups is 1. The van der Waals surface area contributed by atoms with E-state index in [0.717, 1.165) is 35.5 Å². The Morgan fingerprint density at radius 2 is 1.89 bits per heavy atom. The average molecular weight is 510 g/mol. The van der Waals surface area contributed by atoms with Crippen molar-refractivity contribution < 1.29 is 0 Å². The number of imidazole rings is 1. The molecule has 28 heavy (non-hydrogen) atoms. The molecule has 0 fully saturated rings. The van der Waals surface area contributed by atoms with E-state index in [1.165, 1.54) is 10.4 Å². The smallest absolute Gasteiger partial charge is 0.191 e. The summed E-state index contributed by atoms with van der Waals surface area (Å²) < 4.78 is 2.18. The van der Waals surface area contributed by atoms with E-state index in [2.05, 4.69) is 61.4 Å². The summed E-state index contributed by atoms with van der Waals surface area (Å²) in [5.41, 5.74) is 2.43. The lowest BCUT2D eigenvalue weighted by Crippen LogP contribution is -2.37. The molecular formula is C20H27IN6S. The van der Waals surface area contributed by atoms with Crippen LogP contribution in [0.25, 0.3) is 0 Å². The Morgan fingerprint density at radius 3 is 2.57 bits per heavy atom. The standard InChI is InChI=1S/C20H26N6S.HI/c1-15-16(2)27-19(25-15)14-24-20(21-3)23-13-18-22-10-12-26(18)11-9-17-7-5-4-6-8-17;/h4-8,10,12H,9,11,13-14H2,1-3H3,(H2,21,23,24);1H. The lowest BCUT2D eigenvalue weighted by atomic mass is 10.1. The normalized spacial score (nSPS) is 11.2. The average Bonchev–Trinajstić information content (AvgIpc) is 3.27. The van der Waals surface area contributed by atoms with Crippen LogP contribution in [0.5, 0.6) is 0 Å². The van der Waals surface area contributed by atoms with Crippen LogP contribution in [0, 0.1) is 13.8 Å². The number of halogens is 1. The van der Waals surface area contributed by atoms with E-state index in [0.29, 0.717) is 13.1 Å². The number of aryl methyl sites for hydroxylation is 4. The second-order valence-electron chi connectivity index (χ2n) is 6.30. The number of hydrogen-bond acceptors (Lipinski definition) is 4. The minimum atomic E-state index is 0. The van der Waals surface area contributed by atoms with Crippen LogP contribution in [0.2, 0.25) is 0 Å². The van der Waals surface area contributed by atoms with E-state index < -0.39 is 0 Å². The molecule has 0 saturated heterocycles. The molecule has 0 aliphatic rings. The zero-order valence-corrected chi connectivity index (χ0v) is 19.6. The molecule has 0 radical (unpaired) electrons. The molecule has 3 aromatic rings. The molecule has 6 nitrogen and oxygen atoms in total. The molecule has 1 aromatic carbocycles. The van der Waals surface area contributed by atoms with E-state index in [1.807, 2.05) is 25.4 Å². The first-order valence-corrected chi connectivity index (χ1v) is 9.88. The summed E-state index contributed by atoms with van der Waals surface area (Å²) >= 11 is 1.72. The molecule has 150 valence electrons. The number of hydrogen-bond donors (Lipinski definition) is 2. The summed E-state index contributed by atoms with van der Waals surface area (Å²) in [6, 6.07) is 10.5. The molecule has 3 rings (SSSR count). The SMILES string of the molecule is CN=C(NCc1nc(C)c(C)s1)NCc1nccn1CCc1ccccc1.I. The lowest BCUT2D eigenvalue weighted by molar-refractivity contribution is 0.634. The van der Waals surface area contributed by atoms with Crippen molar-refractivity contribution in [2.24, 2.45) is 4.99 Å². The first kappa shape index (κ1) is 22.4. The van der Waals surface area contributed by atoms with Crippen molar-refractivity contribution in [2.75, 3.05) is 7.05 Å². The topological polar surface area (TPSA) is 67.1 Å². The molecule has 0 aliphatic carbocycles. The fraction of sp³-hybridized carbons (Fsp3) is 0.350. The van der Waals surface area contributed by atoms with E-state index in [1.54, 1.807) is 18.4 Å². The van der Waals surface area contributed by atoms with E-state index >= 15 is 0 Å². The van der Waals surface area contributed by atoms with Crippen molar-refractivity contribution in [3.63, 3.8) is 0 Å². The first-order chi connectivity index (χ1) is 13.2. The second kappa shape index (κ2) is 11.2. The van der Waals surface area contributed by atoms with Gasteiger partial charge >= 0.3 is 0 Å². The summed E-state index contributed by atoms with van der Waals surface area (Å²) in [7, 11) is 1.77. The van der Waals surface area contributed by atoms with Gasteiger partial charge in [-0.3, -0.25) is 4.99 Å². The molecular weight excluding hydrogens is 483 g/mol. The number of guanidine groups is 1. The molecule has 2 N–H and O–H groups in total. The molecule has 0 bridgehead atoms.